The molecule has 0 saturated heterocycles. The number of aliphatic hydroxyl groups excluding tert-OH is 1. The second kappa shape index (κ2) is 5.64. The Kier molecular flexibility index (Phi) is 3.94. The first-order chi connectivity index (χ1) is 8.67. The molecule has 0 saturated carbocycles. The number of urea groups is 1. The second-order valence-corrected chi connectivity index (χ2v) is 4.45. The van der Waals surface area contributed by atoms with Crippen molar-refractivity contribution in [3.05, 3.63) is 36.2 Å². The molecule has 0 bridgehead atoms. The smallest absolute Gasteiger partial charge is 0.319 e. The minimum absolute atomic E-state index is 0.00918. The van der Waals surface area contributed by atoms with Gasteiger partial charge in [0.2, 0.25) is 0 Å². The second-order valence-electron chi connectivity index (χ2n) is 4.45. The fourth-order valence-electron chi connectivity index (χ4n) is 1.98. The van der Waals surface area contributed by atoms with E-state index in [-0.39, 0.29) is 24.6 Å². The number of carbonyl (C=O) groups is 1. The Bertz CT molecular complexity index is 459. The summed E-state index contributed by atoms with van der Waals surface area (Å²) in [5.74, 6) is 0.151. The Morgan fingerprint density at radius 1 is 1.56 bits per heavy atom. The molecule has 0 unspecified atom stereocenters. The highest BCUT2D eigenvalue weighted by Gasteiger charge is 2.19. The number of anilines is 1. The molecule has 0 aliphatic heterocycles. The summed E-state index contributed by atoms with van der Waals surface area (Å²) in [5.41, 5.74) is 1.58. The fraction of sp³-hybridized carbons (Fsp3) is 0.385. The van der Waals surface area contributed by atoms with E-state index in [9.17, 15) is 4.79 Å². The van der Waals surface area contributed by atoms with Crippen LogP contribution >= 0.6 is 0 Å². The van der Waals surface area contributed by atoms with Crippen LogP contribution in [0.3, 0.4) is 0 Å². The molecule has 2 atom stereocenters. The van der Waals surface area contributed by atoms with Crippen LogP contribution in [0.4, 0.5) is 10.5 Å². The highest BCUT2D eigenvalue weighted by atomic mass is 16.3. The zero-order valence-electron chi connectivity index (χ0n) is 10.3. The number of hydrogen-bond acceptors (Lipinski definition) is 3. The first-order valence-corrected chi connectivity index (χ1v) is 5.96. The lowest BCUT2D eigenvalue weighted by Crippen LogP contribution is -2.36. The normalized spacial score (nSPS) is 21.9. The molecule has 5 nitrogen and oxygen atoms in total. The van der Waals surface area contributed by atoms with Gasteiger partial charge >= 0.3 is 6.03 Å². The van der Waals surface area contributed by atoms with Crippen LogP contribution in [0.25, 0.3) is 0 Å². The van der Waals surface area contributed by atoms with Crippen molar-refractivity contribution in [2.24, 2.45) is 5.92 Å². The minimum atomic E-state index is -0.242. The maximum absolute atomic E-state index is 11.7. The first-order valence-electron chi connectivity index (χ1n) is 5.96. The SMILES string of the molecule is Cc1cc(NC(=O)N[C@@H]2C=C[C@H](CO)C2)ccn1. The maximum Gasteiger partial charge on any atom is 0.319 e. The van der Waals surface area contributed by atoms with Gasteiger partial charge in [0.15, 0.2) is 0 Å². The predicted molar refractivity (Wildman–Crippen MR) is 69.2 cm³/mol. The standard InChI is InChI=1S/C13H17N3O2/c1-9-6-12(4-5-14-9)16-13(18)15-11-3-2-10(7-11)8-17/h2-6,10-11,17H,7-8H2,1H3,(H2,14,15,16,18)/t10-,11+/m0/s1. The summed E-state index contributed by atoms with van der Waals surface area (Å²) in [7, 11) is 0. The minimum Gasteiger partial charge on any atom is -0.396 e. The average molecular weight is 247 g/mol. The number of nitrogens with zero attached hydrogens (tertiary/aromatic N) is 1. The van der Waals surface area contributed by atoms with E-state index in [1.54, 1.807) is 18.3 Å². The lowest BCUT2D eigenvalue weighted by molar-refractivity contribution is 0.238. The summed E-state index contributed by atoms with van der Waals surface area (Å²) in [6, 6.07) is 3.30. The molecule has 0 fully saturated rings. The molecule has 1 aliphatic rings. The van der Waals surface area contributed by atoms with E-state index >= 15 is 0 Å². The zero-order valence-corrected chi connectivity index (χ0v) is 10.3. The number of amides is 2. The van der Waals surface area contributed by atoms with E-state index < -0.39 is 0 Å². The molecule has 1 aromatic rings. The van der Waals surface area contributed by atoms with Gasteiger partial charge in [-0.05, 0) is 25.5 Å². The molecule has 0 radical (unpaired) electrons. The van der Waals surface area contributed by atoms with Gasteiger partial charge in [-0.15, -0.1) is 0 Å². The molecular weight excluding hydrogens is 230 g/mol. The third-order valence-electron chi connectivity index (χ3n) is 2.88. The van der Waals surface area contributed by atoms with Gasteiger partial charge in [-0.2, -0.15) is 0 Å². The number of aliphatic hydroxyl groups is 1. The summed E-state index contributed by atoms with van der Waals surface area (Å²) < 4.78 is 0. The van der Waals surface area contributed by atoms with Crippen LogP contribution in [0.5, 0.6) is 0 Å². The predicted octanol–water partition coefficient (Wildman–Crippen LogP) is 1.45. The van der Waals surface area contributed by atoms with E-state index in [0.29, 0.717) is 0 Å². The van der Waals surface area contributed by atoms with Crippen molar-refractivity contribution in [3.63, 3.8) is 0 Å². The Morgan fingerprint density at radius 2 is 2.39 bits per heavy atom. The van der Waals surface area contributed by atoms with Gasteiger partial charge in [0.1, 0.15) is 0 Å². The molecule has 2 amide bonds. The lowest BCUT2D eigenvalue weighted by Gasteiger charge is -2.13. The summed E-state index contributed by atoms with van der Waals surface area (Å²) in [4.78, 5) is 15.8. The number of pyridine rings is 1. The van der Waals surface area contributed by atoms with Gasteiger partial charge in [0.05, 0.1) is 0 Å². The highest BCUT2D eigenvalue weighted by Crippen LogP contribution is 2.17. The van der Waals surface area contributed by atoms with Crippen LogP contribution in [0.2, 0.25) is 0 Å². The third-order valence-corrected chi connectivity index (χ3v) is 2.88. The molecule has 5 heteroatoms. The Morgan fingerprint density at radius 3 is 3.06 bits per heavy atom. The number of carbonyl (C=O) groups excluding carboxylic acids is 1. The first kappa shape index (κ1) is 12.6. The van der Waals surface area contributed by atoms with E-state index in [4.69, 9.17) is 5.11 Å². The Balaban J connectivity index is 1.84. The number of nitrogens with one attached hydrogen (secondary N) is 2. The van der Waals surface area contributed by atoms with Crippen LogP contribution < -0.4 is 10.6 Å². The molecule has 96 valence electrons. The quantitative estimate of drug-likeness (QED) is 0.708. The molecule has 1 aliphatic carbocycles. The Hall–Kier alpha value is -1.88. The monoisotopic (exact) mass is 247 g/mol. The summed E-state index contributed by atoms with van der Waals surface area (Å²) in [5, 5.41) is 14.6. The van der Waals surface area contributed by atoms with Crippen molar-refractivity contribution in [1.29, 1.82) is 0 Å². The number of aromatic nitrogens is 1. The summed E-state index contributed by atoms with van der Waals surface area (Å²) in [6.45, 7) is 1.99. The van der Waals surface area contributed by atoms with Crippen molar-refractivity contribution in [1.82, 2.24) is 10.3 Å². The average Bonchev–Trinajstić information content (AvgIpc) is 2.76. The lowest BCUT2D eigenvalue weighted by atomic mass is 10.1. The van der Waals surface area contributed by atoms with Crippen molar-refractivity contribution >= 4 is 11.7 Å². The number of hydrogen-bond donors (Lipinski definition) is 3. The molecule has 0 aromatic carbocycles. The Labute approximate surface area is 106 Å². The van der Waals surface area contributed by atoms with Crippen LogP contribution in [0.1, 0.15) is 12.1 Å². The van der Waals surface area contributed by atoms with E-state index in [1.807, 2.05) is 19.1 Å². The molecule has 2 rings (SSSR count). The highest BCUT2D eigenvalue weighted by molar-refractivity contribution is 5.89. The van der Waals surface area contributed by atoms with Gasteiger partial charge in [-0.1, -0.05) is 12.2 Å². The van der Waals surface area contributed by atoms with Crippen molar-refractivity contribution in [2.75, 3.05) is 11.9 Å². The van der Waals surface area contributed by atoms with Gasteiger partial charge in [0.25, 0.3) is 0 Å². The van der Waals surface area contributed by atoms with Crippen LogP contribution in [-0.2, 0) is 0 Å². The van der Waals surface area contributed by atoms with Crippen LogP contribution in [0, 0.1) is 12.8 Å². The molecule has 18 heavy (non-hydrogen) atoms. The largest absolute Gasteiger partial charge is 0.396 e. The van der Waals surface area contributed by atoms with E-state index in [2.05, 4.69) is 15.6 Å². The van der Waals surface area contributed by atoms with Gasteiger partial charge in [-0.3, -0.25) is 4.98 Å². The zero-order chi connectivity index (χ0) is 13.0. The van der Waals surface area contributed by atoms with Crippen LogP contribution in [0.15, 0.2) is 30.5 Å². The summed E-state index contributed by atoms with van der Waals surface area (Å²) in [6.07, 6.45) is 6.25. The van der Waals surface area contributed by atoms with Crippen LogP contribution in [-0.4, -0.2) is 28.8 Å². The molecule has 1 heterocycles. The molecular formula is C13H17N3O2. The molecule has 3 N–H and O–H groups in total. The van der Waals surface area contributed by atoms with Gasteiger partial charge in [-0.25, -0.2) is 4.79 Å². The van der Waals surface area contributed by atoms with Gasteiger partial charge in [0, 0.05) is 36.1 Å². The molecule has 0 spiro atoms. The maximum atomic E-state index is 11.7. The topological polar surface area (TPSA) is 74.2 Å². The third kappa shape index (κ3) is 3.30. The summed E-state index contributed by atoms with van der Waals surface area (Å²) >= 11 is 0. The van der Waals surface area contributed by atoms with Gasteiger partial charge < -0.3 is 15.7 Å². The molecule has 1 aromatic heterocycles. The van der Waals surface area contributed by atoms with Crippen molar-refractivity contribution in [2.45, 2.75) is 19.4 Å². The fourth-order valence-corrected chi connectivity index (χ4v) is 1.98. The number of rotatable bonds is 3. The van der Waals surface area contributed by atoms with Crippen molar-refractivity contribution in [3.8, 4) is 0 Å². The van der Waals surface area contributed by atoms with E-state index in [1.165, 1.54) is 0 Å². The number of aryl methyl sites for hydroxylation is 1. The van der Waals surface area contributed by atoms with Crippen molar-refractivity contribution < 1.29 is 9.90 Å². The van der Waals surface area contributed by atoms with E-state index in [0.717, 1.165) is 17.8 Å².